The Morgan fingerprint density at radius 1 is 1.29 bits per heavy atom. The molecule has 3 rings (SSSR count). The van der Waals surface area contributed by atoms with E-state index in [0.717, 1.165) is 6.07 Å². The van der Waals surface area contributed by atoms with Gasteiger partial charge in [-0.25, -0.2) is 8.78 Å². The van der Waals surface area contributed by atoms with Gasteiger partial charge in [0.2, 0.25) is 11.8 Å². The van der Waals surface area contributed by atoms with Crippen LogP contribution in [0.4, 0.5) is 8.78 Å². The Kier molecular flexibility index (Phi) is 8.27. The number of rotatable bonds is 10. The fourth-order valence-corrected chi connectivity index (χ4v) is 4.21. The lowest BCUT2D eigenvalue weighted by molar-refractivity contribution is -0.123. The zero-order valence-corrected chi connectivity index (χ0v) is 19.8. The van der Waals surface area contributed by atoms with E-state index in [1.165, 1.54) is 13.2 Å². The van der Waals surface area contributed by atoms with Crippen LogP contribution in [0.1, 0.15) is 50.0 Å². The summed E-state index contributed by atoms with van der Waals surface area (Å²) in [7, 11) is 1.19. The summed E-state index contributed by atoms with van der Waals surface area (Å²) < 4.78 is 34.0. The summed E-state index contributed by atoms with van der Waals surface area (Å²) in [5.74, 6) is -3.85. The lowest BCUT2D eigenvalue weighted by atomic mass is 9.98. The van der Waals surface area contributed by atoms with Crippen LogP contribution in [-0.4, -0.2) is 48.4 Å². The number of carbonyl (C=O) groups is 3. The van der Waals surface area contributed by atoms with Crippen LogP contribution in [0.5, 0.6) is 5.75 Å². The van der Waals surface area contributed by atoms with Gasteiger partial charge in [-0.05, 0) is 43.7 Å². The summed E-state index contributed by atoms with van der Waals surface area (Å²) in [5, 5.41) is 17.1. The second kappa shape index (κ2) is 11.2. The number of nitrogens with zero attached hydrogens (tertiary/aromatic N) is 1. The fourth-order valence-electron chi connectivity index (χ4n) is 4.21. The van der Waals surface area contributed by atoms with E-state index in [2.05, 4.69) is 20.9 Å². The van der Waals surface area contributed by atoms with E-state index >= 15 is 4.39 Å². The Morgan fingerprint density at radius 2 is 2.03 bits per heavy atom. The molecule has 3 amide bonds. The number of ether oxygens (including phenoxy) is 1. The normalized spacial score (nSPS) is 17.1. The van der Waals surface area contributed by atoms with E-state index in [4.69, 9.17) is 4.74 Å². The summed E-state index contributed by atoms with van der Waals surface area (Å²) in [6.45, 7) is 4.30. The van der Waals surface area contributed by atoms with Crippen LogP contribution in [0.2, 0.25) is 0 Å². The number of hydrogen-bond acceptors (Lipinski definition) is 5. The van der Waals surface area contributed by atoms with Gasteiger partial charge in [-0.3, -0.25) is 14.4 Å². The van der Waals surface area contributed by atoms with E-state index in [1.807, 2.05) is 19.9 Å². The third kappa shape index (κ3) is 5.88. The van der Waals surface area contributed by atoms with Gasteiger partial charge in [0.15, 0.2) is 17.4 Å². The molecule has 1 fully saturated rings. The molecule has 0 bridgehead atoms. The molecular weight excluding hydrogens is 460 g/mol. The van der Waals surface area contributed by atoms with Crippen molar-refractivity contribution in [3.63, 3.8) is 0 Å². The number of fused-ring (bicyclic) bond motifs is 1. The molecule has 11 heteroatoms. The SMILES string of the molecule is COc1c(F)ccc2[nH]c(C(=O)N[C@@H](CC(C)C)C(=O)N[C@H](C#N)CC[C@@H]3CCNC3=O)c(F)c12. The standard InChI is InChI=1S/C24H29F2N5O4/c1-12(2)10-17(23(33)29-14(11-27)5-4-13-8-9-28-22(13)32)31-24(34)20-19(26)18-16(30-20)7-6-15(25)21(18)35-3/h6-7,12-14,17,30H,4-5,8-10H2,1-3H3,(H,28,32)(H,29,33)(H,31,34)/t13-,14+,17+/m1/s1. The van der Waals surface area contributed by atoms with Crippen LogP contribution in [0.15, 0.2) is 12.1 Å². The van der Waals surface area contributed by atoms with Crippen LogP contribution in [0, 0.1) is 34.8 Å². The van der Waals surface area contributed by atoms with Gasteiger partial charge in [-0.1, -0.05) is 13.8 Å². The minimum atomic E-state index is -1.04. The number of benzene rings is 1. The van der Waals surface area contributed by atoms with Crippen molar-refractivity contribution in [2.75, 3.05) is 13.7 Å². The van der Waals surface area contributed by atoms with Gasteiger partial charge >= 0.3 is 0 Å². The summed E-state index contributed by atoms with van der Waals surface area (Å²) in [6, 6.07) is 2.50. The first-order valence-electron chi connectivity index (χ1n) is 11.5. The van der Waals surface area contributed by atoms with Gasteiger partial charge in [0.25, 0.3) is 5.91 Å². The van der Waals surface area contributed by atoms with Gasteiger partial charge < -0.3 is 25.7 Å². The fraction of sp³-hybridized carbons (Fsp3) is 0.500. The average Bonchev–Trinajstić information content (AvgIpc) is 3.38. The quantitative estimate of drug-likeness (QED) is 0.407. The minimum Gasteiger partial charge on any atom is -0.493 e. The smallest absolute Gasteiger partial charge is 0.271 e. The van der Waals surface area contributed by atoms with Crippen molar-refractivity contribution in [1.29, 1.82) is 5.26 Å². The highest BCUT2D eigenvalue weighted by Gasteiger charge is 2.29. The third-order valence-electron chi connectivity index (χ3n) is 6.01. The van der Waals surface area contributed by atoms with Crippen LogP contribution < -0.4 is 20.7 Å². The Morgan fingerprint density at radius 3 is 2.63 bits per heavy atom. The van der Waals surface area contributed by atoms with Gasteiger partial charge in [0.05, 0.1) is 24.1 Å². The predicted octanol–water partition coefficient (Wildman–Crippen LogP) is 2.52. The molecule has 0 aliphatic carbocycles. The highest BCUT2D eigenvalue weighted by Crippen LogP contribution is 2.32. The van der Waals surface area contributed by atoms with E-state index < -0.39 is 41.2 Å². The Bertz CT molecular complexity index is 1160. The molecule has 2 aromatic rings. The second-order valence-corrected chi connectivity index (χ2v) is 9.02. The Balaban J connectivity index is 1.74. The number of nitrogens with one attached hydrogen (secondary N) is 4. The molecule has 35 heavy (non-hydrogen) atoms. The molecule has 2 heterocycles. The molecule has 1 saturated heterocycles. The molecule has 188 valence electrons. The molecule has 1 aliphatic rings. The van der Waals surface area contributed by atoms with Crippen LogP contribution in [-0.2, 0) is 9.59 Å². The largest absolute Gasteiger partial charge is 0.493 e. The lowest BCUT2D eigenvalue weighted by Gasteiger charge is -2.22. The van der Waals surface area contributed by atoms with Gasteiger partial charge in [-0.2, -0.15) is 5.26 Å². The predicted molar refractivity (Wildman–Crippen MR) is 123 cm³/mol. The van der Waals surface area contributed by atoms with Crippen LogP contribution in [0.3, 0.4) is 0 Å². The maximum atomic E-state index is 15.1. The Hall–Kier alpha value is -3.68. The van der Waals surface area contributed by atoms with Crippen LogP contribution in [0.25, 0.3) is 10.9 Å². The molecule has 0 radical (unpaired) electrons. The van der Waals surface area contributed by atoms with Gasteiger partial charge in [0.1, 0.15) is 17.8 Å². The number of nitriles is 1. The topological polar surface area (TPSA) is 136 Å². The number of aromatic nitrogens is 1. The third-order valence-corrected chi connectivity index (χ3v) is 6.01. The highest BCUT2D eigenvalue weighted by molar-refractivity contribution is 6.02. The van der Waals surface area contributed by atoms with Crippen molar-refractivity contribution in [3.8, 4) is 11.8 Å². The molecule has 1 aliphatic heterocycles. The summed E-state index contributed by atoms with van der Waals surface area (Å²) >= 11 is 0. The number of H-pyrrole nitrogens is 1. The first-order chi connectivity index (χ1) is 16.7. The van der Waals surface area contributed by atoms with Crippen molar-refractivity contribution >= 4 is 28.6 Å². The van der Waals surface area contributed by atoms with Crippen LogP contribution >= 0.6 is 0 Å². The monoisotopic (exact) mass is 489 g/mol. The first-order valence-corrected chi connectivity index (χ1v) is 11.5. The van der Waals surface area contributed by atoms with Crippen molar-refractivity contribution < 1.29 is 27.9 Å². The summed E-state index contributed by atoms with van der Waals surface area (Å²) in [6.07, 6.45) is 1.65. The van der Waals surface area contributed by atoms with E-state index in [-0.39, 0.29) is 47.2 Å². The lowest BCUT2D eigenvalue weighted by Crippen LogP contribution is -2.50. The minimum absolute atomic E-state index is 0.00415. The first kappa shape index (κ1) is 25.9. The summed E-state index contributed by atoms with van der Waals surface area (Å²) in [4.78, 5) is 40.2. The molecule has 3 atom stereocenters. The van der Waals surface area contributed by atoms with Crippen molar-refractivity contribution in [2.45, 2.75) is 51.6 Å². The van der Waals surface area contributed by atoms with Crippen molar-refractivity contribution in [2.24, 2.45) is 11.8 Å². The zero-order valence-electron chi connectivity index (χ0n) is 19.8. The molecule has 0 unspecified atom stereocenters. The van der Waals surface area contributed by atoms with Crippen molar-refractivity contribution in [3.05, 3.63) is 29.5 Å². The van der Waals surface area contributed by atoms with Gasteiger partial charge in [-0.15, -0.1) is 0 Å². The molecule has 1 aromatic heterocycles. The molecule has 0 saturated carbocycles. The molecule has 1 aromatic carbocycles. The maximum absolute atomic E-state index is 15.1. The average molecular weight is 490 g/mol. The molecular formula is C24H29F2N5O4. The second-order valence-electron chi connectivity index (χ2n) is 9.02. The summed E-state index contributed by atoms with van der Waals surface area (Å²) in [5.41, 5.74) is -0.300. The number of methoxy groups -OCH3 is 1. The zero-order chi connectivity index (χ0) is 25.7. The highest BCUT2D eigenvalue weighted by atomic mass is 19.1. The number of hydrogen-bond donors (Lipinski definition) is 4. The molecule has 0 spiro atoms. The number of carbonyl (C=O) groups excluding carboxylic acids is 3. The Labute approximate surface area is 201 Å². The van der Waals surface area contributed by atoms with Crippen molar-refractivity contribution in [1.82, 2.24) is 20.9 Å². The molecule has 9 nitrogen and oxygen atoms in total. The van der Waals surface area contributed by atoms with E-state index in [9.17, 15) is 24.0 Å². The maximum Gasteiger partial charge on any atom is 0.271 e. The van der Waals surface area contributed by atoms with Gasteiger partial charge in [0, 0.05) is 12.5 Å². The number of halogens is 2. The number of aromatic amines is 1. The number of amides is 3. The molecule has 4 N–H and O–H groups in total. The van der Waals surface area contributed by atoms with E-state index in [1.54, 1.807) is 0 Å². The van der Waals surface area contributed by atoms with E-state index in [0.29, 0.717) is 19.4 Å².